The number of aryl methyl sites for hydroxylation is 1. The molecule has 0 saturated carbocycles. The smallest absolute Gasteiger partial charge is 0.256 e. The van der Waals surface area contributed by atoms with Crippen LogP contribution in [0.2, 0.25) is 0 Å². The SMILES string of the molecule is Cc1noc(C2CN(Cc3ccncc3F)CCCN2C(=O)c2cccnc2)n1. The van der Waals surface area contributed by atoms with Gasteiger partial charge in [-0.15, -0.1) is 0 Å². The van der Waals surface area contributed by atoms with Gasteiger partial charge in [0.2, 0.25) is 0 Å². The highest BCUT2D eigenvalue weighted by Crippen LogP contribution is 2.27. The van der Waals surface area contributed by atoms with Crippen LogP contribution in [0.1, 0.15) is 40.1 Å². The van der Waals surface area contributed by atoms with Crippen molar-refractivity contribution in [3.8, 4) is 0 Å². The Balaban J connectivity index is 1.62. The molecule has 150 valence electrons. The summed E-state index contributed by atoms with van der Waals surface area (Å²) in [5, 5.41) is 3.89. The Labute approximate surface area is 167 Å². The first kappa shape index (κ1) is 19.1. The normalized spacial score (nSPS) is 17.9. The van der Waals surface area contributed by atoms with Gasteiger partial charge in [-0.05, 0) is 31.5 Å². The third-order valence-corrected chi connectivity index (χ3v) is 4.93. The van der Waals surface area contributed by atoms with Gasteiger partial charge in [-0.25, -0.2) is 4.39 Å². The van der Waals surface area contributed by atoms with Crippen LogP contribution in [0.25, 0.3) is 0 Å². The van der Waals surface area contributed by atoms with Crippen molar-refractivity contribution in [1.29, 1.82) is 0 Å². The summed E-state index contributed by atoms with van der Waals surface area (Å²) in [7, 11) is 0. The van der Waals surface area contributed by atoms with Crippen molar-refractivity contribution >= 4 is 5.91 Å². The Morgan fingerprint density at radius 3 is 2.83 bits per heavy atom. The second-order valence-electron chi connectivity index (χ2n) is 6.99. The van der Waals surface area contributed by atoms with Gasteiger partial charge in [-0.3, -0.25) is 19.7 Å². The van der Waals surface area contributed by atoms with Crippen LogP contribution < -0.4 is 0 Å². The number of amides is 1. The highest BCUT2D eigenvalue weighted by Gasteiger charge is 2.34. The van der Waals surface area contributed by atoms with Crippen LogP contribution in [0.15, 0.2) is 47.5 Å². The lowest BCUT2D eigenvalue weighted by Crippen LogP contribution is -2.38. The minimum atomic E-state index is -0.434. The molecule has 0 spiro atoms. The van der Waals surface area contributed by atoms with Crippen LogP contribution in [-0.4, -0.2) is 55.4 Å². The summed E-state index contributed by atoms with van der Waals surface area (Å²) >= 11 is 0. The van der Waals surface area contributed by atoms with Crippen LogP contribution >= 0.6 is 0 Å². The van der Waals surface area contributed by atoms with Crippen molar-refractivity contribution in [3.05, 3.63) is 71.6 Å². The maximum atomic E-state index is 14.1. The average molecular weight is 396 g/mol. The first-order chi connectivity index (χ1) is 14.1. The van der Waals surface area contributed by atoms with E-state index in [0.717, 1.165) is 6.42 Å². The Bertz CT molecular complexity index is 980. The zero-order chi connectivity index (χ0) is 20.2. The van der Waals surface area contributed by atoms with E-state index in [0.29, 0.717) is 49.0 Å². The van der Waals surface area contributed by atoms with Gasteiger partial charge >= 0.3 is 0 Å². The predicted octanol–water partition coefficient (Wildman–Crippen LogP) is 2.40. The van der Waals surface area contributed by atoms with Crippen molar-refractivity contribution in [1.82, 2.24) is 29.9 Å². The molecular weight excluding hydrogens is 375 g/mol. The van der Waals surface area contributed by atoms with Crippen molar-refractivity contribution in [2.75, 3.05) is 19.6 Å². The molecule has 0 N–H and O–H groups in total. The van der Waals surface area contributed by atoms with Gasteiger partial charge in [0.05, 0.1) is 11.8 Å². The van der Waals surface area contributed by atoms with Crippen LogP contribution in [0.5, 0.6) is 0 Å². The second kappa shape index (κ2) is 8.44. The highest BCUT2D eigenvalue weighted by molar-refractivity contribution is 5.94. The Kier molecular flexibility index (Phi) is 5.57. The monoisotopic (exact) mass is 396 g/mol. The summed E-state index contributed by atoms with van der Waals surface area (Å²) < 4.78 is 19.5. The van der Waals surface area contributed by atoms with Crippen molar-refractivity contribution in [3.63, 3.8) is 0 Å². The van der Waals surface area contributed by atoms with E-state index in [4.69, 9.17) is 4.52 Å². The number of nitrogens with zero attached hydrogens (tertiary/aromatic N) is 6. The lowest BCUT2D eigenvalue weighted by molar-refractivity contribution is 0.0630. The van der Waals surface area contributed by atoms with Crippen LogP contribution in [0.4, 0.5) is 4.39 Å². The summed E-state index contributed by atoms with van der Waals surface area (Å²) in [6, 6.07) is 4.71. The van der Waals surface area contributed by atoms with E-state index in [1.807, 2.05) is 0 Å². The summed E-state index contributed by atoms with van der Waals surface area (Å²) in [5.41, 5.74) is 1.06. The molecule has 0 aliphatic carbocycles. The Morgan fingerprint density at radius 2 is 2.10 bits per heavy atom. The van der Waals surface area contributed by atoms with Gasteiger partial charge in [0.1, 0.15) is 11.9 Å². The zero-order valence-electron chi connectivity index (χ0n) is 16.0. The third kappa shape index (κ3) is 4.29. The lowest BCUT2D eigenvalue weighted by Gasteiger charge is -2.29. The molecule has 4 heterocycles. The summed E-state index contributed by atoms with van der Waals surface area (Å²) in [4.78, 5) is 29.2. The second-order valence-corrected chi connectivity index (χ2v) is 6.99. The molecule has 3 aromatic rings. The van der Waals surface area contributed by atoms with E-state index in [9.17, 15) is 9.18 Å². The molecule has 0 aromatic carbocycles. The number of carbonyl (C=O) groups excluding carboxylic acids is 1. The van der Waals surface area contributed by atoms with E-state index < -0.39 is 6.04 Å². The third-order valence-electron chi connectivity index (χ3n) is 4.93. The van der Waals surface area contributed by atoms with E-state index in [1.165, 1.54) is 6.20 Å². The van der Waals surface area contributed by atoms with Crippen LogP contribution in [0, 0.1) is 12.7 Å². The Hall–Kier alpha value is -3.20. The fourth-order valence-electron chi connectivity index (χ4n) is 3.53. The average Bonchev–Trinajstić information content (AvgIpc) is 3.06. The maximum Gasteiger partial charge on any atom is 0.256 e. The van der Waals surface area contributed by atoms with Gasteiger partial charge in [-0.1, -0.05) is 5.16 Å². The Morgan fingerprint density at radius 1 is 1.24 bits per heavy atom. The minimum absolute atomic E-state index is 0.143. The van der Waals surface area contributed by atoms with E-state index in [1.54, 1.807) is 48.6 Å². The van der Waals surface area contributed by atoms with Crippen molar-refractivity contribution < 1.29 is 13.7 Å². The number of aromatic nitrogens is 4. The van der Waals surface area contributed by atoms with Crippen molar-refractivity contribution in [2.24, 2.45) is 0 Å². The first-order valence-corrected chi connectivity index (χ1v) is 9.44. The molecule has 1 fully saturated rings. The molecule has 1 amide bonds. The molecule has 0 bridgehead atoms. The van der Waals surface area contributed by atoms with Gasteiger partial charge < -0.3 is 9.42 Å². The number of hydrogen-bond donors (Lipinski definition) is 0. The van der Waals surface area contributed by atoms with Crippen molar-refractivity contribution in [2.45, 2.75) is 25.9 Å². The molecule has 29 heavy (non-hydrogen) atoms. The van der Waals surface area contributed by atoms with Gasteiger partial charge in [-0.2, -0.15) is 4.98 Å². The minimum Gasteiger partial charge on any atom is -0.337 e. The summed E-state index contributed by atoms with van der Waals surface area (Å²) in [5.74, 6) is 0.396. The van der Waals surface area contributed by atoms with Crippen LogP contribution in [-0.2, 0) is 6.54 Å². The number of pyridine rings is 2. The van der Waals surface area contributed by atoms with Crippen LogP contribution in [0.3, 0.4) is 0 Å². The number of halogens is 1. The molecule has 8 nitrogen and oxygen atoms in total. The quantitative estimate of drug-likeness (QED) is 0.669. The summed E-state index contributed by atoms with van der Waals surface area (Å²) in [6.07, 6.45) is 6.70. The standard InChI is InChI=1S/C20H21FN6O2/c1-14-24-19(29-25-14)18-13-26(12-16-5-7-23-11-17(16)21)8-3-9-27(18)20(28)15-4-2-6-22-10-15/h2,4-7,10-11,18H,3,8-9,12-13H2,1H3. The zero-order valence-corrected chi connectivity index (χ0v) is 16.0. The topological polar surface area (TPSA) is 88.3 Å². The molecule has 1 aliphatic rings. The molecule has 3 aromatic heterocycles. The molecule has 1 unspecified atom stereocenters. The van der Waals surface area contributed by atoms with E-state index in [2.05, 4.69) is 25.0 Å². The van der Waals surface area contributed by atoms with E-state index in [-0.39, 0.29) is 11.7 Å². The fraction of sp³-hybridized carbons (Fsp3) is 0.350. The maximum absolute atomic E-state index is 14.1. The molecule has 4 rings (SSSR count). The van der Waals surface area contributed by atoms with Gasteiger partial charge in [0, 0.05) is 50.3 Å². The largest absolute Gasteiger partial charge is 0.337 e. The molecule has 0 radical (unpaired) electrons. The van der Waals surface area contributed by atoms with E-state index >= 15 is 0 Å². The predicted molar refractivity (Wildman–Crippen MR) is 101 cm³/mol. The van der Waals surface area contributed by atoms with Gasteiger partial charge in [0.25, 0.3) is 11.8 Å². The summed E-state index contributed by atoms with van der Waals surface area (Å²) in [6.45, 7) is 3.83. The molecule has 9 heteroatoms. The number of carbonyl (C=O) groups is 1. The molecule has 1 saturated heterocycles. The lowest BCUT2D eigenvalue weighted by atomic mass is 10.1. The number of rotatable bonds is 4. The highest BCUT2D eigenvalue weighted by atomic mass is 19.1. The molecule has 1 aliphatic heterocycles. The number of hydrogen-bond acceptors (Lipinski definition) is 7. The molecular formula is C20H21FN6O2. The fourth-order valence-corrected chi connectivity index (χ4v) is 3.53. The van der Waals surface area contributed by atoms with Gasteiger partial charge in [0.15, 0.2) is 5.82 Å². The first-order valence-electron chi connectivity index (χ1n) is 9.44. The molecule has 1 atom stereocenters.